The molecule has 1 amide bonds. The van der Waals surface area contributed by atoms with Crippen LogP contribution in [-0.4, -0.2) is 39.3 Å². The quantitative estimate of drug-likeness (QED) is 0.737. The topological polar surface area (TPSA) is 59.2 Å². The van der Waals surface area contributed by atoms with E-state index < -0.39 is 0 Å². The van der Waals surface area contributed by atoms with E-state index in [0.717, 1.165) is 24.9 Å². The smallest absolute Gasteiger partial charge is 0.277 e. The zero-order valence-electron chi connectivity index (χ0n) is 16.0. The van der Waals surface area contributed by atoms with Crippen molar-refractivity contribution in [2.45, 2.75) is 63.6 Å². The van der Waals surface area contributed by atoms with Crippen LogP contribution in [0.2, 0.25) is 0 Å². The van der Waals surface area contributed by atoms with Gasteiger partial charge in [0, 0.05) is 18.2 Å². The van der Waals surface area contributed by atoms with Crippen LogP contribution < -0.4 is 0 Å². The summed E-state index contributed by atoms with van der Waals surface area (Å²) in [4.78, 5) is 14.4. The minimum absolute atomic E-state index is 0.111. The van der Waals surface area contributed by atoms with Crippen LogP contribution in [0.1, 0.15) is 52.5 Å². The lowest BCUT2D eigenvalue weighted by atomic mass is 9.87. The number of likely N-dealkylation sites (tertiary alicyclic amines) is 1. The first kappa shape index (κ1) is 19.0. The van der Waals surface area contributed by atoms with E-state index >= 15 is 0 Å². The highest BCUT2D eigenvalue weighted by molar-refractivity contribution is 7.99. The Balaban J connectivity index is 1.60. The van der Waals surface area contributed by atoms with Crippen molar-refractivity contribution >= 4 is 17.7 Å². The standard InChI is InChI=1S/C20H27N3O2S/c1-14-7-5-6-12-23(14)17(24)13-26-19-22-21-18(25-19)15-8-10-16(11-9-15)20(2,3)4/h8-11,14H,5-7,12-13H2,1-4H3/t14-/m1/s1. The van der Waals surface area contributed by atoms with Gasteiger partial charge in [-0.05, 0) is 49.3 Å². The molecule has 0 radical (unpaired) electrons. The number of carbonyl (C=O) groups is 1. The fourth-order valence-electron chi connectivity index (χ4n) is 3.17. The average Bonchev–Trinajstić information content (AvgIpc) is 3.08. The Hall–Kier alpha value is -1.82. The molecule has 1 fully saturated rings. The summed E-state index contributed by atoms with van der Waals surface area (Å²) >= 11 is 1.32. The molecule has 26 heavy (non-hydrogen) atoms. The number of benzene rings is 1. The summed E-state index contributed by atoms with van der Waals surface area (Å²) in [6.07, 6.45) is 3.39. The molecule has 140 valence electrons. The fraction of sp³-hybridized carbons (Fsp3) is 0.550. The van der Waals surface area contributed by atoms with E-state index in [4.69, 9.17) is 4.42 Å². The van der Waals surface area contributed by atoms with Gasteiger partial charge in [0.15, 0.2) is 0 Å². The molecule has 0 unspecified atom stereocenters. The molecule has 0 N–H and O–H groups in total. The van der Waals surface area contributed by atoms with Crippen LogP contribution in [-0.2, 0) is 10.2 Å². The Morgan fingerprint density at radius 3 is 2.62 bits per heavy atom. The molecule has 3 rings (SSSR count). The maximum absolute atomic E-state index is 12.4. The van der Waals surface area contributed by atoms with Crippen molar-refractivity contribution in [3.63, 3.8) is 0 Å². The Morgan fingerprint density at radius 2 is 1.96 bits per heavy atom. The van der Waals surface area contributed by atoms with Crippen molar-refractivity contribution in [1.29, 1.82) is 0 Å². The summed E-state index contributed by atoms with van der Waals surface area (Å²) in [5, 5.41) is 8.64. The number of hydrogen-bond acceptors (Lipinski definition) is 5. The van der Waals surface area contributed by atoms with Gasteiger partial charge in [-0.3, -0.25) is 4.79 Å². The zero-order valence-corrected chi connectivity index (χ0v) is 16.8. The minimum atomic E-state index is 0.111. The summed E-state index contributed by atoms with van der Waals surface area (Å²) in [6, 6.07) is 8.52. The highest BCUT2D eigenvalue weighted by Crippen LogP contribution is 2.27. The summed E-state index contributed by atoms with van der Waals surface area (Å²) in [6.45, 7) is 9.53. The fourth-order valence-corrected chi connectivity index (χ4v) is 3.82. The lowest BCUT2D eigenvalue weighted by Crippen LogP contribution is -2.42. The second-order valence-electron chi connectivity index (χ2n) is 7.92. The molecule has 2 aromatic rings. The van der Waals surface area contributed by atoms with Gasteiger partial charge in [-0.25, -0.2) is 0 Å². The number of carbonyl (C=O) groups excluding carboxylic acids is 1. The molecule has 0 bridgehead atoms. The molecular formula is C20H27N3O2S. The Morgan fingerprint density at radius 1 is 1.23 bits per heavy atom. The van der Waals surface area contributed by atoms with Crippen molar-refractivity contribution in [1.82, 2.24) is 15.1 Å². The van der Waals surface area contributed by atoms with Crippen LogP contribution >= 0.6 is 11.8 Å². The van der Waals surface area contributed by atoms with Crippen LogP contribution in [0.3, 0.4) is 0 Å². The summed E-state index contributed by atoms with van der Waals surface area (Å²) in [5.74, 6) is 0.984. The monoisotopic (exact) mass is 373 g/mol. The second kappa shape index (κ2) is 7.82. The molecule has 1 aromatic heterocycles. The van der Waals surface area contributed by atoms with Crippen molar-refractivity contribution < 1.29 is 9.21 Å². The molecular weight excluding hydrogens is 346 g/mol. The predicted octanol–water partition coefficient (Wildman–Crippen LogP) is 4.53. The van der Waals surface area contributed by atoms with E-state index in [-0.39, 0.29) is 11.3 Å². The summed E-state index contributed by atoms with van der Waals surface area (Å²) in [7, 11) is 0. The lowest BCUT2D eigenvalue weighted by Gasteiger charge is -2.33. The number of thioether (sulfide) groups is 1. The minimum Gasteiger partial charge on any atom is -0.411 e. The van der Waals surface area contributed by atoms with Crippen LogP contribution in [0.4, 0.5) is 0 Å². The van der Waals surface area contributed by atoms with Crippen molar-refractivity contribution in [3.05, 3.63) is 29.8 Å². The van der Waals surface area contributed by atoms with Gasteiger partial charge in [-0.15, -0.1) is 10.2 Å². The maximum Gasteiger partial charge on any atom is 0.277 e. The van der Waals surface area contributed by atoms with Crippen molar-refractivity contribution in [2.24, 2.45) is 0 Å². The van der Waals surface area contributed by atoms with Gasteiger partial charge in [0.05, 0.1) is 5.75 Å². The van der Waals surface area contributed by atoms with Gasteiger partial charge in [-0.1, -0.05) is 44.7 Å². The third-order valence-electron chi connectivity index (χ3n) is 4.85. The number of piperidine rings is 1. The van der Waals surface area contributed by atoms with Crippen molar-refractivity contribution in [3.8, 4) is 11.5 Å². The molecule has 1 aliphatic heterocycles. The summed E-state index contributed by atoms with van der Waals surface area (Å²) < 4.78 is 5.73. The van der Waals surface area contributed by atoms with Crippen LogP contribution in [0.25, 0.3) is 11.5 Å². The molecule has 1 aromatic carbocycles. The molecule has 0 spiro atoms. The molecule has 6 heteroatoms. The normalized spacial score (nSPS) is 18.2. The van der Waals surface area contributed by atoms with Crippen LogP contribution in [0.5, 0.6) is 0 Å². The lowest BCUT2D eigenvalue weighted by molar-refractivity contribution is -0.131. The van der Waals surface area contributed by atoms with Gasteiger partial charge >= 0.3 is 0 Å². The number of amides is 1. The van der Waals surface area contributed by atoms with Crippen LogP contribution in [0, 0.1) is 0 Å². The third-order valence-corrected chi connectivity index (χ3v) is 5.65. The van der Waals surface area contributed by atoms with E-state index in [0.29, 0.717) is 22.9 Å². The van der Waals surface area contributed by atoms with Gasteiger partial charge in [0.2, 0.25) is 11.8 Å². The zero-order chi connectivity index (χ0) is 18.7. The van der Waals surface area contributed by atoms with E-state index in [1.54, 1.807) is 0 Å². The Labute approximate surface area is 159 Å². The average molecular weight is 374 g/mol. The first-order chi connectivity index (χ1) is 12.3. The predicted molar refractivity (Wildman–Crippen MR) is 104 cm³/mol. The molecule has 1 aliphatic rings. The van der Waals surface area contributed by atoms with Gasteiger partial charge in [0.1, 0.15) is 0 Å². The molecule has 0 aliphatic carbocycles. The number of aromatic nitrogens is 2. The van der Waals surface area contributed by atoms with Gasteiger partial charge in [0.25, 0.3) is 5.22 Å². The van der Waals surface area contributed by atoms with E-state index in [1.807, 2.05) is 17.0 Å². The van der Waals surface area contributed by atoms with Gasteiger partial charge < -0.3 is 9.32 Å². The summed E-state index contributed by atoms with van der Waals surface area (Å²) in [5.41, 5.74) is 2.27. The maximum atomic E-state index is 12.4. The number of nitrogens with zero attached hydrogens (tertiary/aromatic N) is 3. The van der Waals surface area contributed by atoms with Gasteiger partial charge in [-0.2, -0.15) is 0 Å². The molecule has 0 saturated carbocycles. The van der Waals surface area contributed by atoms with E-state index in [1.165, 1.54) is 23.7 Å². The molecule has 5 nitrogen and oxygen atoms in total. The second-order valence-corrected chi connectivity index (χ2v) is 8.85. The van der Waals surface area contributed by atoms with E-state index in [9.17, 15) is 4.79 Å². The SMILES string of the molecule is C[C@@H]1CCCCN1C(=O)CSc1nnc(-c2ccc(C(C)(C)C)cc2)o1. The Kier molecular flexibility index (Phi) is 5.70. The number of rotatable bonds is 4. The first-order valence-electron chi connectivity index (χ1n) is 9.21. The molecule has 1 saturated heterocycles. The Bertz CT molecular complexity index is 749. The first-order valence-corrected chi connectivity index (χ1v) is 10.2. The van der Waals surface area contributed by atoms with Crippen LogP contribution in [0.15, 0.2) is 33.9 Å². The molecule has 1 atom stereocenters. The molecule has 2 heterocycles. The highest BCUT2D eigenvalue weighted by atomic mass is 32.2. The van der Waals surface area contributed by atoms with Crippen molar-refractivity contribution in [2.75, 3.05) is 12.3 Å². The highest BCUT2D eigenvalue weighted by Gasteiger charge is 2.23. The number of hydrogen-bond donors (Lipinski definition) is 0. The van der Waals surface area contributed by atoms with E-state index in [2.05, 4.69) is 50.0 Å². The third kappa shape index (κ3) is 4.47. The largest absolute Gasteiger partial charge is 0.411 e.